The van der Waals surface area contributed by atoms with Gasteiger partial charge in [-0.05, 0) is 19.1 Å². The van der Waals surface area contributed by atoms with Gasteiger partial charge in [0.2, 0.25) is 0 Å². The maximum absolute atomic E-state index is 11.5. The number of rotatable bonds is 4. The number of nitrogens with one attached hydrogen (secondary N) is 1. The van der Waals surface area contributed by atoms with E-state index >= 15 is 0 Å². The van der Waals surface area contributed by atoms with Crippen LogP contribution in [0.2, 0.25) is 0 Å². The Kier molecular flexibility index (Phi) is 4.91. The summed E-state index contributed by atoms with van der Waals surface area (Å²) in [6, 6.07) is 7.47. The van der Waals surface area contributed by atoms with Crippen molar-refractivity contribution >= 4 is 17.5 Å². The summed E-state index contributed by atoms with van der Waals surface area (Å²) >= 11 is 5.45. The lowest BCUT2D eigenvalue weighted by Crippen LogP contribution is -2.23. The third-order valence-corrected chi connectivity index (χ3v) is 2.13. The van der Waals surface area contributed by atoms with Gasteiger partial charge in [0.1, 0.15) is 0 Å². The van der Waals surface area contributed by atoms with Gasteiger partial charge in [0.15, 0.2) is 0 Å². The quantitative estimate of drug-likeness (QED) is 0.617. The number of aryl methyl sites for hydroxylation is 1. The molecule has 0 saturated heterocycles. The number of allylic oxidation sites excluding steroid dienone is 1. The first-order chi connectivity index (χ1) is 7.24. The molecule has 15 heavy (non-hydrogen) atoms. The van der Waals surface area contributed by atoms with Gasteiger partial charge in [-0.3, -0.25) is 4.79 Å². The van der Waals surface area contributed by atoms with E-state index in [2.05, 4.69) is 5.32 Å². The number of amides is 1. The van der Waals surface area contributed by atoms with Gasteiger partial charge in [-0.1, -0.05) is 29.8 Å². The Hall–Kier alpha value is -1.28. The zero-order chi connectivity index (χ0) is 11.1. The zero-order valence-corrected chi connectivity index (χ0v) is 9.42. The second kappa shape index (κ2) is 6.25. The average Bonchev–Trinajstić information content (AvgIpc) is 2.25. The van der Waals surface area contributed by atoms with Crippen LogP contribution in [0.4, 0.5) is 0 Å². The Morgan fingerprint density at radius 3 is 2.60 bits per heavy atom. The molecule has 3 heteroatoms. The van der Waals surface area contributed by atoms with Crippen LogP contribution in [-0.4, -0.2) is 18.3 Å². The van der Waals surface area contributed by atoms with Crippen LogP contribution in [0.25, 0.3) is 0 Å². The second-order valence-corrected chi connectivity index (χ2v) is 3.51. The summed E-state index contributed by atoms with van der Waals surface area (Å²) in [5, 5.41) is 2.77. The Labute approximate surface area is 94.9 Å². The average molecular weight is 224 g/mol. The second-order valence-electron chi connectivity index (χ2n) is 3.20. The minimum atomic E-state index is -0.0609. The molecule has 1 aromatic carbocycles. The van der Waals surface area contributed by atoms with Crippen molar-refractivity contribution < 1.29 is 4.79 Å². The smallest absolute Gasteiger partial charge is 0.251 e. The topological polar surface area (TPSA) is 29.1 Å². The van der Waals surface area contributed by atoms with E-state index in [9.17, 15) is 4.79 Å². The largest absolute Gasteiger partial charge is 0.349 e. The summed E-state index contributed by atoms with van der Waals surface area (Å²) in [5.74, 6) is 0.412. The van der Waals surface area contributed by atoms with Crippen LogP contribution in [0.3, 0.4) is 0 Å². The monoisotopic (exact) mass is 223 g/mol. The first-order valence-corrected chi connectivity index (χ1v) is 5.33. The molecule has 1 amide bonds. The number of carbonyl (C=O) groups is 1. The molecule has 0 radical (unpaired) electrons. The van der Waals surface area contributed by atoms with E-state index in [1.54, 1.807) is 6.08 Å². The normalized spacial score (nSPS) is 10.5. The van der Waals surface area contributed by atoms with E-state index in [1.807, 2.05) is 37.3 Å². The molecule has 0 aliphatic heterocycles. The van der Waals surface area contributed by atoms with Gasteiger partial charge in [-0.2, -0.15) is 0 Å². The molecule has 0 aromatic heterocycles. The number of hydrogen-bond donors (Lipinski definition) is 1. The standard InChI is InChI=1S/C12H14ClNO/c1-10-4-6-11(7-5-10)12(15)14-9-3-2-8-13/h2-7H,8-9H2,1H3,(H,14,15)/b3-2+. The summed E-state index contributed by atoms with van der Waals surface area (Å²) < 4.78 is 0. The van der Waals surface area contributed by atoms with Crippen LogP contribution in [0.15, 0.2) is 36.4 Å². The Morgan fingerprint density at radius 1 is 1.33 bits per heavy atom. The minimum absolute atomic E-state index is 0.0609. The third-order valence-electron chi connectivity index (χ3n) is 1.95. The molecule has 0 aliphatic carbocycles. The molecule has 2 nitrogen and oxygen atoms in total. The molecule has 1 aromatic rings. The lowest BCUT2D eigenvalue weighted by molar-refractivity contribution is 0.0958. The highest BCUT2D eigenvalue weighted by atomic mass is 35.5. The van der Waals surface area contributed by atoms with E-state index in [1.165, 1.54) is 0 Å². The lowest BCUT2D eigenvalue weighted by Gasteiger charge is -2.02. The SMILES string of the molecule is Cc1ccc(C(=O)NC/C=C/CCl)cc1. The van der Waals surface area contributed by atoms with Crippen molar-refractivity contribution in [1.82, 2.24) is 5.32 Å². The fourth-order valence-corrected chi connectivity index (χ4v) is 1.23. The maximum Gasteiger partial charge on any atom is 0.251 e. The third kappa shape index (κ3) is 4.17. The maximum atomic E-state index is 11.5. The van der Waals surface area contributed by atoms with E-state index in [-0.39, 0.29) is 5.91 Å². The van der Waals surface area contributed by atoms with Gasteiger partial charge in [-0.15, -0.1) is 11.6 Å². The first-order valence-electron chi connectivity index (χ1n) is 4.80. The van der Waals surface area contributed by atoms with E-state index in [0.29, 0.717) is 18.0 Å². The van der Waals surface area contributed by atoms with Crippen LogP contribution < -0.4 is 5.32 Å². The highest BCUT2D eigenvalue weighted by molar-refractivity contribution is 6.18. The molecule has 0 fully saturated rings. The Morgan fingerprint density at radius 2 is 2.00 bits per heavy atom. The molecule has 0 saturated carbocycles. The number of benzene rings is 1. The highest BCUT2D eigenvalue weighted by Gasteiger charge is 2.01. The molecule has 0 atom stereocenters. The highest BCUT2D eigenvalue weighted by Crippen LogP contribution is 2.02. The van der Waals surface area contributed by atoms with Gasteiger partial charge in [-0.25, -0.2) is 0 Å². The van der Waals surface area contributed by atoms with Crippen LogP contribution in [-0.2, 0) is 0 Å². The summed E-state index contributed by atoms with van der Waals surface area (Å²) in [6.07, 6.45) is 3.63. The van der Waals surface area contributed by atoms with Gasteiger partial charge < -0.3 is 5.32 Å². The number of halogens is 1. The number of carbonyl (C=O) groups excluding carboxylic acids is 1. The lowest BCUT2D eigenvalue weighted by atomic mass is 10.1. The molecule has 0 unspecified atom stereocenters. The molecule has 0 spiro atoms. The molecular formula is C12H14ClNO. The van der Waals surface area contributed by atoms with Crippen LogP contribution in [0.1, 0.15) is 15.9 Å². The van der Waals surface area contributed by atoms with E-state index < -0.39 is 0 Å². The van der Waals surface area contributed by atoms with Gasteiger partial charge in [0.25, 0.3) is 5.91 Å². The summed E-state index contributed by atoms with van der Waals surface area (Å²) in [7, 11) is 0. The van der Waals surface area contributed by atoms with Crippen molar-refractivity contribution in [2.45, 2.75) is 6.92 Å². The van der Waals surface area contributed by atoms with E-state index in [0.717, 1.165) is 5.56 Å². The predicted octanol–water partition coefficient (Wildman–Crippen LogP) is 2.52. The van der Waals surface area contributed by atoms with Gasteiger partial charge >= 0.3 is 0 Å². The van der Waals surface area contributed by atoms with Crippen LogP contribution in [0, 0.1) is 6.92 Å². The Bertz CT molecular complexity index is 343. The summed E-state index contributed by atoms with van der Waals surface area (Å²) in [4.78, 5) is 11.5. The molecular weight excluding hydrogens is 210 g/mol. The molecule has 0 aliphatic rings. The predicted molar refractivity (Wildman–Crippen MR) is 63.4 cm³/mol. The molecule has 1 rings (SSSR count). The fourth-order valence-electron chi connectivity index (χ4n) is 1.10. The number of hydrogen-bond acceptors (Lipinski definition) is 1. The van der Waals surface area contributed by atoms with Gasteiger partial charge in [0.05, 0.1) is 0 Å². The Balaban J connectivity index is 2.47. The van der Waals surface area contributed by atoms with Crippen LogP contribution in [0.5, 0.6) is 0 Å². The molecule has 0 heterocycles. The summed E-state index contributed by atoms with van der Waals surface area (Å²) in [5.41, 5.74) is 1.83. The molecule has 80 valence electrons. The number of alkyl halides is 1. The fraction of sp³-hybridized carbons (Fsp3) is 0.250. The molecule has 0 bridgehead atoms. The van der Waals surface area contributed by atoms with Crippen molar-refractivity contribution in [3.05, 3.63) is 47.5 Å². The van der Waals surface area contributed by atoms with Crippen molar-refractivity contribution in [2.75, 3.05) is 12.4 Å². The van der Waals surface area contributed by atoms with Crippen molar-refractivity contribution in [1.29, 1.82) is 0 Å². The molecule has 1 N–H and O–H groups in total. The van der Waals surface area contributed by atoms with E-state index in [4.69, 9.17) is 11.6 Å². The van der Waals surface area contributed by atoms with Gasteiger partial charge in [0, 0.05) is 18.0 Å². The zero-order valence-electron chi connectivity index (χ0n) is 8.66. The van der Waals surface area contributed by atoms with Crippen molar-refractivity contribution in [3.63, 3.8) is 0 Å². The first kappa shape index (κ1) is 11.8. The van der Waals surface area contributed by atoms with Crippen LogP contribution >= 0.6 is 11.6 Å². The van der Waals surface area contributed by atoms with Crippen molar-refractivity contribution in [3.8, 4) is 0 Å². The van der Waals surface area contributed by atoms with Crippen molar-refractivity contribution in [2.24, 2.45) is 0 Å². The minimum Gasteiger partial charge on any atom is -0.349 e. The summed E-state index contributed by atoms with van der Waals surface area (Å²) in [6.45, 7) is 2.50.